The summed E-state index contributed by atoms with van der Waals surface area (Å²) < 4.78 is 1.81. The first-order valence-corrected chi connectivity index (χ1v) is 7.47. The van der Waals surface area contributed by atoms with Gasteiger partial charge in [-0.2, -0.15) is 5.10 Å². The van der Waals surface area contributed by atoms with Gasteiger partial charge in [0.05, 0.1) is 11.9 Å². The number of hydrogen-bond acceptors (Lipinski definition) is 2. The highest BCUT2D eigenvalue weighted by atomic mass is 15.2. The Morgan fingerprint density at radius 3 is 2.67 bits per heavy atom. The number of benzene rings is 1. The summed E-state index contributed by atoms with van der Waals surface area (Å²) in [5.74, 6) is 0.554. The number of pyridine rings is 1. The predicted octanol–water partition coefficient (Wildman–Crippen LogP) is 4.46. The van der Waals surface area contributed by atoms with Crippen molar-refractivity contribution in [2.24, 2.45) is 7.05 Å². The molecule has 21 heavy (non-hydrogen) atoms. The summed E-state index contributed by atoms with van der Waals surface area (Å²) in [4.78, 5) is 4.64. The first-order valence-electron chi connectivity index (χ1n) is 7.47. The lowest BCUT2D eigenvalue weighted by atomic mass is 9.92. The molecule has 0 N–H and O–H groups in total. The van der Waals surface area contributed by atoms with Crippen LogP contribution in [0.1, 0.15) is 37.3 Å². The van der Waals surface area contributed by atoms with Crippen molar-refractivity contribution >= 4 is 10.8 Å². The summed E-state index contributed by atoms with van der Waals surface area (Å²) in [7, 11) is 1.93. The Balaban J connectivity index is 2.18. The van der Waals surface area contributed by atoms with Gasteiger partial charge in [0.1, 0.15) is 0 Å². The van der Waals surface area contributed by atoms with E-state index < -0.39 is 0 Å². The molecule has 3 nitrogen and oxygen atoms in total. The van der Waals surface area contributed by atoms with E-state index in [0.717, 1.165) is 17.7 Å². The van der Waals surface area contributed by atoms with E-state index in [0.29, 0.717) is 5.92 Å². The highest BCUT2D eigenvalue weighted by Crippen LogP contribution is 2.30. The van der Waals surface area contributed by atoms with E-state index in [4.69, 9.17) is 0 Å². The van der Waals surface area contributed by atoms with Gasteiger partial charge in [-0.1, -0.05) is 31.5 Å². The monoisotopic (exact) mass is 279 g/mol. The third-order valence-corrected chi connectivity index (χ3v) is 4.16. The van der Waals surface area contributed by atoms with Crippen molar-refractivity contribution in [3.63, 3.8) is 0 Å². The Morgan fingerprint density at radius 2 is 2.00 bits per heavy atom. The minimum atomic E-state index is 0.554. The van der Waals surface area contributed by atoms with E-state index in [1.165, 1.54) is 21.9 Å². The normalized spacial score (nSPS) is 12.8. The molecule has 3 aromatic rings. The molecule has 0 fully saturated rings. The second-order valence-electron chi connectivity index (χ2n) is 5.86. The minimum absolute atomic E-state index is 0.554. The second kappa shape index (κ2) is 5.32. The average molecular weight is 279 g/mol. The maximum atomic E-state index is 4.64. The first kappa shape index (κ1) is 13.8. The number of hydrogen-bond donors (Lipinski definition) is 0. The number of fused-ring (bicyclic) bond motifs is 1. The van der Waals surface area contributed by atoms with Crippen molar-refractivity contribution in [2.45, 2.75) is 33.1 Å². The summed E-state index contributed by atoms with van der Waals surface area (Å²) in [6, 6.07) is 6.70. The zero-order chi connectivity index (χ0) is 15.0. The topological polar surface area (TPSA) is 30.7 Å². The molecule has 2 aromatic heterocycles. The third-order valence-electron chi connectivity index (χ3n) is 4.16. The van der Waals surface area contributed by atoms with E-state index >= 15 is 0 Å². The Hall–Kier alpha value is -2.16. The maximum Gasteiger partial charge on any atom is 0.0739 e. The molecule has 0 aliphatic rings. The number of rotatable bonds is 3. The fraction of sp³-hybridized carbons (Fsp3) is 0.333. The van der Waals surface area contributed by atoms with Crippen LogP contribution in [0, 0.1) is 6.92 Å². The van der Waals surface area contributed by atoms with Crippen molar-refractivity contribution in [3.05, 3.63) is 47.9 Å². The minimum Gasteiger partial charge on any atom is -0.275 e. The summed E-state index contributed by atoms with van der Waals surface area (Å²) in [6.45, 7) is 6.68. The van der Waals surface area contributed by atoms with Crippen molar-refractivity contribution in [1.29, 1.82) is 0 Å². The Labute approximate surface area is 125 Å². The van der Waals surface area contributed by atoms with Crippen molar-refractivity contribution in [3.8, 4) is 11.3 Å². The molecular formula is C18H21N3. The Bertz CT molecular complexity index is 786. The van der Waals surface area contributed by atoms with Crippen LogP contribution in [0.4, 0.5) is 0 Å². The van der Waals surface area contributed by atoms with Crippen molar-refractivity contribution < 1.29 is 0 Å². The molecule has 0 amide bonds. The van der Waals surface area contributed by atoms with Crippen molar-refractivity contribution in [2.75, 3.05) is 0 Å². The van der Waals surface area contributed by atoms with E-state index in [9.17, 15) is 0 Å². The molecule has 1 aromatic carbocycles. The molecule has 0 spiro atoms. The molecular weight excluding hydrogens is 258 g/mol. The molecule has 108 valence electrons. The summed E-state index contributed by atoms with van der Waals surface area (Å²) in [5.41, 5.74) is 4.75. The molecule has 0 aliphatic heterocycles. The fourth-order valence-electron chi connectivity index (χ4n) is 2.78. The zero-order valence-electron chi connectivity index (χ0n) is 13.1. The Kier molecular flexibility index (Phi) is 3.50. The molecule has 0 saturated carbocycles. The summed E-state index contributed by atoms with van der Waals surface area (Å²) in [5, 5.41) is 6.76. The van der Waals surface area contributed by atoms with Gasteiger partial charge in [-0.05, 0) is 36.3 Å². The lowest BCUT2D eigenvalue weighted by Gasteiger charge is -2.14. The second-order valence-corrected chi connectivity index (χ2v) is 5.86. The summed E-state index contributed by atoms with van der Waals surface area (Å²) in [6.07, 6.45) is 7.01. The van der Waals surface area contributed by atoms with Gasteiger partial charge in [0.25, 0.3) is 0 Å². The zero-order valence-corrected chi connectivity index (χ0v) is 13.1. The number of nitrogens with zero attached hydrogens (tertiary/aromatic N) is 3. The van der Waals surface area contributed by atoms with Crippen LogP contribution in [0.5, 0.6) is 0 Å². The van der Waals surface area contributed by atoms with Crippen LogP contribution in [-0.4, -0.2) is 14.8 Å². The first-order chi connectivity index (χ1) is 10.1. The molecule has 3 rings (SSSR count). The van der Waals surface area contributed by atoms with Gasteiger partial charge in [0.2, 0.25) is 0 Å². The van der Waals surface area contributed by atoms with Crippen molar-refractivity contribution in [1.82, 2.24) is 14.8 Å². The van der Waals surface area contributed by atoms with E-state index in [2.05, 4.69) is 49.1 Å². The smallest absolute Gasteiger partial charge is 0.0739 e. The molecule has 0 bridgehead atoms. The van der Waals surface area contributed by atoms with Crippen LogP contribution in [0.2, 0.25) is 0 Å². The Morgan fingerprint density at radius 1 is 1.19 bits per heavy atom. The van der Waals surface area contributed by atoms with Gasteiger partial charge in [-0.3, -0.25) is 9.67 Å². The van der Waals surface area contributed by atoms with Gasteiger partial charge >= 0.3 is 0 Å². The van der Waals surface area contributed by atoms with Crippen LogP contribution in [0.3, 0.4) is 0 Å². The van der Waals surface area contributed by atoms with Gasteiger partial charge in [0, 0.05) is 30.4 Å². The molecule has 2 heterocycles. The van der Waals surface area contributed by atoms with E-state index in [1.54, 1.807) is 0 Å². The standard InChI is InChI=1S/C18H21N3/c1-5-13(3)16-7-12(2)6-14-8-18(19-10-17(14)16)15-9-20-21(4)11-15/h6-11,13H,5H2,1-4H3. The number of aryl methyl sites for hydroxylation is 2. The number of aromatic nitrogens is 3. The van der Waals surface area contributed by atoms with Crippen LogP contribution in [0.25, 0.3) is 22.0 Å². The molecule has 1 unspecified atom stereocenters. The van der Waals surface area contributed by atoms with E-state index in [-0.39, 0.29) is 0 Å². The van der Waals surface area contributed by atoms with Gasteiger partial charge in [-0.25, -0.2) is 0 Å². The fourth-order valence-corrected chi connectivity index (χ4v) is 2.78. The lowest BCUT2D eigenvalue weighted by Crippen LogP contribution is -1.95. The molecule has 0 radical (unpaired) electrons. The maximum absolute atomic E-state index is 4.64. The van der Waals surface area contributed by atoms with Gasteiger partial charge < -0.3 is 0 Å². The van der Waals surface area contributed by atoms with Gasteiger partial charge in [0.15, 0.2) is 0 Å². The molecule has 0 aliphatic carbocycles. The van der Waals surface area contributed by atoms with Gasteiger partial charge in [-0.15, -0.1) is 0 Å². The summed E-state index contributed by atoms with van der Waals surface area (Å²) >= 11 is 0. The molecule has 1 atom stereocenters. The van der Waals surface area contributed by atoms with Crippen LogP contribution >= 0.6 is 0 Å². The third kappa shape index (κ3) is 2.56. The lowest BCUT2D eigenvalue weighted by molar-refractivity contribution is 0.739. The van der Waals surface area contributed by atoms with Crippen LogP contribution < -0.4 is 0 Å². The van der Waals surface area contributed by atoms with Crippen LogP contribution in [0.15, 0.2) is 36.8 Å². The molecule has 3 heteroatoms. The largest absolute Gasteiger partial charge is 0.275 e. The van der Waals surface area contributed by atoms with E-state index in [1.807, 2.05) is 30.3 Å². The highest BCUT2D eigenvalue weighted by molar-refractivity contribution is 5.89. The molecule has 0 saturated heterocycles. The quantitative estimate of drug-likeness (QED) is 0.708. The average Bonchev–Trinajstić information content (AvgIpc) is 2.91. The highest BCUT2D eigenvalue weighted by Gasteiger charge is 2.11. The SMILES string of the molecule is CCC(C)c1cc(C)cc2cc(-c3cnn(C)c3)ncc12. The van der Waals surface area contributed by atoms with Crippen LogP contribution in [-0.2, 0) is 7.05 Å². The predicted molar refractivity (Wildman–Crippen MR) is 87.4 cm³/mol.